The predicted molar refractivity (Wildman–Crippen MR) is 130 cm³/mol. The number of carbonyl (C=O) groups excluding carboxylic acids is 1. The Morgan fingerprint density at radius 3 is 2.50 bits per heavy atom. The molecule has 0 spiro atoms. The summed E-state index contributed by atoms with van der Waals surface area (Å²) in [7, 11) is 0. The zero-order valence-electron chi connectivity index (χ0n) is 19.0. The van der Waals surface area contributed by atoms with Crippen molar-refractivity contribution in [3.05, 3.63) is 65.8 Å². The number of piperidine rings is 1. The fraction of sp³-hybridized carbons (Fsp3) is 0.320. The molecule has 1 aliphatic heterocycles. The van der Waals surface area contributed by atoms with Crippen LogP contribution in [0, 0.1) is 12.8 Å². The summed E-state index contributed by atoms with van der Waals surface area (Å²) in [6.07, 6.45) is 15.3. The maximum Gasteiger partial charge on any atom is 0.276 e. The second-order valence-electron chi connectivity index (χ2n) is 7.87. The first-order valence-electron chi connectivity index (χ1n) is 10.5. The van der Waals surface area contributed by atoms with E-state index in [1.165, 1.54) is 6.20 Å². The number of nitrogen functional groups attached to an aromatic ring is 1. The van der Waals surface area contributed by atoms with E-state index in [4.69, 9.17) is 11.5 Å². The lowest BCUT2D eigenvalue weighted by Crippen LogP contribution is -2.52. The molecule has 1 unspecified atom stereocenters. The van der Waals surface area contributed by atoms with Crippen molar-refractivity contribution >= 4 is 11.6 Å². The number of carbonyl (C=O) groups is 1. The highest BCUT2D eigenvalue weighted by atomic mass is 16.1. The van der Waals surface area contributed by atoms with Gasteiger partial charge in [-0.15, -0.1) is 12.8 Å². The molecule has 1 aromatic heterocycles. The van der Waals surface area contributed by atoms with Crippen LogP contribution in [0.4, 0.5) is 5.69 Å². The summed E-state index contributed by atoms with van der Waals surface area (Å²) >= 11 is 0. The van der Waals surface area contributed by atoms with Gasteiger partial charge in [0.15, 0.2) is 11.5 Å². The number of nitrogens with one attached hydrogen (secondary N) is 1. The highest BCUT2D eigenvalue weighted by molar-refractivity contribution is 5.98. The van der Waals surface area contributed by atoms with Gasteiger partial charge in [-0.05, 0) is 33.6 Å². The Kier molecular flexibility index (Phi) is 8.56. The Hall–Kier alpha value is -3.63. The lowest BCUT2D eigenvalue weighted by molar-refractivity contribution is 0.0959. The lowest BCUT2D eigenvalue weighted by Gasteiger charge is -2.40. The van der Waals surface area contributed by atoms with Crippen molar-refractivity contribution < 1.29 is 4.79 Å². The van der Waals surface area contributed by atoms with E-state index in [-0.39, 0.29) is 22.8 Å². The van der Waals surface area contributed by atoms with E-state index in [0.717, 1.165) is 37.2 Å². The first-order valence-corrected chi connectivity index (χ1v) is 10.5. The number of amides is 1. The summed E-state index contributed by atoms with van der Waals surface area (Å²) in [5, 5.41) is 2.98. The number of hydrogen-bond donors (Lipinski definition) is 3. The summed E-state index contributed by atoms with van der Waals surface area (Å²) in [4.78, 5) is 24.0. The summed E-state index contributed by atoms with van der Waals surface area (Å²) in [6, 6.07) is 9.49. The van der Waals surface area contributed by atoms with Gasteiger partial charge >= 0.3 is 0 Å². The van der Waals surface area contributed by atoms with E-state index in [1.54, 1.807) is 0 Å². The molecule has 7 heteroatoms. The number of allylic oxidation sites excluding steroid dienone is 2. The molecule has 1 aliphatic rings. The van der Waals surface area contributed by atoms with Gasteiger partial charge in [0, 0.05) is 24.2 Å². The third kappa shape index (κ3) is 5.96. The topological polar surface area (TPSA) is 110 Å². The maximum absolute atomic E-state index is 13.1. The van der Waals surface area contributed by atoms with Crippen LogP contribution >= 0.6 is 0 Å². The van der Waals surface area contributed by atoms with E-state index in [0.29, 0.717) is 11.5 Å². The van der Waals surface area contributed by atoms with Gasteiger partial charge < -0.3 is 21.7 Å². The summed E-state index contributed by atoms with van der Waals surface area (Å²) in [5.41, 5.74) is 15.0. The molecule has 3 rings (SSSR count). The van der Waals surface area contributed by atoms with Crippen LogP contribution in [0.5, 0.6) is 0 Å². The predicted octanol–water partition coefficient (Wildman–Crippen LogP) is 3.33. The van der Waals surface area contributed by atoms with Crippen molar-refractivity contribution in [2.24, 2.45) is 5.73 Å². The Morgan fingerprint density at radius 2 is 1.91 bits per heavy atom. The normalized spacial score (nSPS) is 19.0. The van der Waals surface area contributed by atoms with Crippen molar-refractivity contribution in [3.63, 3.8) is 0 Å². The fourth-order valence-corrected chi connectivity index (χ4v) is 3.75. The molecular weight excluding hydrogens is 400 g/mol. The average Bonchev–Trinajstić information content (AvgIpc) is 2.80. The number of benzene rings is 1. The smallest absolute Gasteiger partial charge is 0.276 e. The first-order chi connectivity index (χ1) is 15.3. The summed E-state index contributed by atoms with van der Waals surface area (Å²) < 4.78 is 0. The average molecular weight is 433 g/mol. The third-order valence-electron chi connectivity index (χ3n) is 5.22. The van der Waals surface area contributed by atoms with Gasteiger partial charge in [-0.2, -0.15) is 0 Å². The van der Waals surface area contributed by atoms with Gasteiger partial charge in [0.2, 0.25) is 0 Å². The molecule has 5 N–H and O–H groups in total. The summed E-state index contributed by atoms with van der Waals surface area (Å²) in [5.74, 6) is 0.0882. The van der Waals surface area contributed by atoms with Crippen LogP contribution in [-0.2, 0) is 0 Å². The molecule has 168 valence electrons. The van der Waals surface area contributed by atoms with Crippen molar-refractivity contribution in [1.82, 2.24) is 20.2 Å². The molecule has 1 saturated heterocycles. The summed E-state index contributed by atoms with van der Waals surface area (Å²) in [6.45, 7) is 7.54. The molecule has 32 heavy (non-hydrogen) atoms. The Bertz CT molecular complexity index is 1010. The van der Waals surface area contributed by atoms with Crippen LogP contribution < -0.4 is 16.8 Å². The number of nitrogens with zero attached hydrogens (tertiary/aromatic N) is 3. The van der Waals surface area contributed by atoms with Crippen LogP contribution in [-0.4, -0.2) is 39.4 Å². The number of nitrogens with two attached hydrogens (primary N) is 2. The SMILES string of the molecule is C#C.C/C=C(NC(=O)c1nc(-c2ccccc2)ncc1N)\C(=C/C)N1CCCC(C)(N)C1. The molecule has 1 aromatic carbocycles. The molecule has 7 nitrogen and oxygen atoms in total. The molecule has 1 atom stereocenters. The van der Waals surface area contributed by atoms with Crippen molar-refractivity contribution in [2.75, 3.05) is 18.8 Å². The number of rotatable bonds is 5. The number of terminal acetylenes is 1. The van der Waals surface area contributed by atoms with Crippen LogP contribution in [0.2, 0.25) is 0 Å². The van der Waals surface area contributed by atoms with Crippen LogP contribution in [0.3, 0.4) is 0 Å². The van der Waals surface area contributed by atoms with Gasteiger partial charge in [-0.1, -0.05) is 42.5 Å². The van der Waals surface area contributed by atoms with E-state index in [1.807, 2.05) is 56.3 Å². The molecule has 0 radical (unpaired) electrons. The Balaban J connectivity index is 0.00000176. The minimum absolute atomic E-state index is 0.154. The standard InChI is InChI=1S/C23H30N6O.C2H2/c1-4-18(19(5-2)29-13-9-12-23(3,25)15-29)27-22(30)20-17(24)14-26-21(28-20)16-10-7-6-8-11-16;1-2/h4-8,10-11,14H,9,12-13,15,24-25H2,1-3H3,(H,27,30);1-2H/b18-4+,19-5+;. The second-order valence-corrected chi connectivity index (χ2v) is 7.87. The van der Waals surface area contributed by atoms with Gasteiger partial charge in [-0.3, -0.25) is 4.79 Å². The van der Waals surface area contributed by atoms with E-state index < -0.39 is 0 Å². The van der Waals surface area contributed by atoms with Gasteiger partial charge in [0.05, 0.1) is 23.3 Å². The monoisotopic (exact) mass is 432 g/mol. The third-order valence-corrected chi connectivity index (χ3v) is 5.22. The minimum Gasteiger partial charge on any atom is -0.396 e. The number of aromatic nitrogens is 2. The van der Waals surface area contributed by atoms with Crippen molar-refractivity contribution in [2.45, 2.75) is 39.2 Å². The number of likely N-dealkylation sites (tertiary alicyclic amines) is 1. The van der Waals surface area contributed by atoms with E-state index >= 15 is 0 Å². The molecule has 2 aromatic rings. The molecule has 0 saturated carbocycles. The second kappa shape index (κ2) is 11.1. The van der Waals surface area contributed by atoms with Gasteiger partial charge in [0.1, 0.15) is 0 Å². The molecule has 1 amide bonds. The van der Waals surface area contributed by atoms with E-state index in [2.05, 4.69) is 40.0 Å². The highest BCUT2D eigenvalue weighted by Gasteiger charge is 2.29. The first kappa shape index (κ1) is 24.6. The number of anilines is 1. The van der Waals surface area contributed by atoms with Gasteiger partial charge in [-0.25, -0.2) is 9.97 Å². The zero-order valence-corrected chi connectivity index (χ0v) is 19.0. The zero-order chi connectivity index (χ0) is 23.7. The molecule has 2 heterocycles. The molecule has 0 aliphatic carbocycles. The Labute approximate surface area is 190 Å². The molecular formula is C25H32N6O. The number of hydrogen-bond acceptors (Lipinski definition) is 6. The Morgan fingerprint density at radius 1 is 1.22 bits per heavy atom. The van der Waals surface area contributed by atoms with Crippen molar-refractivity contribution in [1.29, 1.82) is 0 Å². The fourth-order valence-electron chi connectivity index (χ4n) is 3.75. The van der Waals surface area contributed by atoms with Crippen LogP contribution in [0.1, 0.15) is 44.1 Å². The quantitative estimate of drug-likeness (QED) is 0.494. The van der Waals surface area contributed by atoms with Crippen molar-refractivity contribution in [3.8, 4) is 24.2 Å². The van der Waals surface area contributed by atoms with Crippen LogP contribution in [0.25, 0.3) is 11.4 Å². The minimum atomic E-state index is -0.368. The lowest BCUT2D eigenvalue weighted by atomic mass is 9.92. The molecule has 0 bridgehead atoms. The van der Waals surface area contributed by atoms with Crippen LogP contribution in [0.15, 0.2) is 60.1 Å². The molecule has 1 fully saturated rings. The maximum atomic E-state index is 13.1. The largest absolute Gasteiger partial charge is 0.396 e. The van der Waals surface area contributed by atoms with Gasteiger partial charge in [0.25, 0.3) is 5.91 Å². The highest BCUT2D eigenvalue weighted by Crippen LogP contribution is 2.25. The van der Waals surface area contributed by atoms with E-state index in [9.17, 15) is 4.79 Å².